The summed E-state index contributed by atoms with van der Waals surface area (Å²) in [6.45, 7) is 2.34. The molecule has 0 aliphatic carbocycles. The van der Waals surface area contributed by atoms with Gasteiger partial charge < -0.3 is 5.32 Å². The van der Waals surface area contributed by atoms with Gasteiger partial charge in [-0.25, -0.2) is 17.5 Å². The van der Waals surface area contributed by atoms with Crippen molar-refractivity contribution in [2.45, 2.75) is 18.6 Å². The molecule has 1 saturated heterocycles. The number of rotatable bonds is 5. The molecule has 1 heterocycles. The van der Waals surface area contributed by atoms with E-state index < -0.39 is 10.0 Å². The Morgan fingerprint density at radius 3 is 2.60 bits per heavy atom. The standard InChI is InChI=1S/C13H19FN2O2S.ClH/c14-13-5-3-11(4-6-13)10-19(17,18)16-9-12-2-1-7-15-8-12;/h3-6,12,15-16H,1-2,7-10H2;1H. The lowest BCUT2D eigenvalue weighted by Crippen LogP contribution is -2.38. The number of piperidine rings is 1. The largest absolute Gasteiger partial charge is 0.316 e. The number of sulfonamides is 1. The van der Waals surface area contributed by atoms with Crippen LogP contribution in [0.2, 0.25) is 0 Å². The molecule has 1 fully saturated rings. The fourth-order valence-electron chi connectivity index (χ4n) is 2.19. The molecule has 0 saturated carbocycles. The minimum Gasteiger partial charge on any atom is -0.316 e. The molecule has 0 amide bonds. The third kappa shape index (κ3) is 5.75. The van der Waals surface area contributed by atoms with Gasteiger partial charge in [0, 0.05) is 6.54 Å². The van der Waals surface area contributed by atoms with E-state index in [1.54, 1.807) is 0 Å². The fraction of sp³-hybridized carbons (Fsp3) is 0.538. The topological polar surface area (TPSA) is 58.2 Å². The van der Waals surface area contributed by atoms with Gasteiger partial charge in [-0.05, 0) is 49.5 Å². The summed E-state index contributed by atoms with van der Waals surface area (Å²) in [5.41, 5.74) is 0.593. The Morgan fingerprint density at radius 1 is 1.30 bits per heavy atom. The Morgan fingerprint density at radius 2 is 2.00 bits per heavy atom. The van der Waals surface area contributed by atoms with E-state index in [-0.39, 0.29) is 24.0 Å². The zero-order chi connectivity index (χ0) is 13.7. The minimum atomic E-state index is -3.35. The van der Waals surface area contributed by atoms with Crippen LogP contribution in [0.3, 0.4) is 0 Å². The maximum atomic E-state index is 12.7. The lowest BCUT2D eigenvalue weighted by Gasteiger charge is -2.22. The van der Waals surface area contributed by atoms with Crippen molar-refractivity contribution in [2.75, 3.05) is 19.6 Å². The smallest absolute Gasteiger partial charge is 0.215 e. The lowest BCUT2D eigenvalue weighted by atomic mass is 10.0. The highest BCUT2D eigenvalue weighted by molar-refractivity contribution is 7.88. The zero-order valence-electron chi connectivity index (χ0n) is 11.1. The highest BCUT2D eigenvalue weighted by Gasteiger charge is 2.17. The maximum Gasteiger partial charge on any atom is 0.215 e. The van der Waals surface area contributed by atoms with E-state index in [2.05, 4.69) is 10.0 Å². The Balaban J connectivity index is 0.00000200. The first-order valence-corrected chi connectivity index (χ1v) is 8.13. The van der Waals surface area contributed by atoms with Gasteiger partial charge >= 0.3 is 0 Å². The number of halogens is 2. The first-order valence-electron chi connectivity index (χ1n) is 6.48. The van der Waals surface area contributed by atoms with Crippen molar-refractivity contribution < 1.29 is 12.8 Å². The number of nitrogens with one attached hydrogen (secondary N) is 2. The third-order valence-electron chi connectivity index (χ3n) is 3.26. The van der Waals surface area contributed by atoms with Gasteiger partial charge in [-0.15, -0.1) is 12.4 Å². The normalized spacial score (nSPS) is 19.4. The van der Waals surface area contributed by atoms with Gasteiger partial charge in [-0.1, -0.05) is 12.1 Å². The fourth-order valence-corrected chi connectivity index (χ4v) is 3.42. The Kier molecular flexibility index (Phi) is 6.88. The molecular weight excluding hydrogens is 303 g/mol. The van der Waals surface area contributed by atoms with Gasteiger partial charge in [0.2, 0.25) is 10.0 Å². The molecule has 7 heteroatoms. The molecule has 0 aromatic heterocycles. The molecule has 1 aromatic carbocycles. The van der Waals surface area contributed by atoms with Crippen molar-refractivity contribution in [3.8, 4) is 0 Å². The van der Waals surface area contributed by atoms with Crippen LogP contribution in [0.1, 0.15) is 18.4 Å². The minimum absolute atomic E-state index is 0. The molecule has 4 nitrogen and oxygen atoms in total. The van der Waals surface area contributed by atoms with E-state index in [1.165, 1.54) is 24.3 Å². The van der Waals surface area contributed by atoms with Crippen LogP contribution in [0.15, 0.2) is 24.3 Å². The predicted octanol–water partition coefficient (Wildman–Crippen LogP) is 1.67. The van der Waals surface area contributed by atoms with Crippen LogP contribution >= 0.6 is 12.4 Å². The number of hydrogen-bond donors (Lipinski definition) is 2. The van der Waals surface area contributed by atoms with E-state index in [9.17, 15) is 12.8 Å². The van der Waals surface area contributed by atoms with Crippen LogP contribution in [-0.2, 0) is 15.8 Å². The average Bonchev–Trinajstić information content (AvgIpc) is 2.40. The summed E-state index contributed by atoms with van der Waals surface area (Å²) >= 11 is 0. The summed E-state index contributed by atoms with van der Waals surface area (Å²) in [6.07, 6.45) is 2.14. The summed E-state index contributed by atoms with van der Waals surface area (Å²) in [7, 11) is -3.35. The second-order valence-electron chi connectivity index (χ2n) is 4.95. The predicted molar refractivity (Wildman–Crippen MR) is 79.9 cm³/mol. The molecule has 0 radical (unpaired) electrons. The van der Waals surface area contributed by atoms with Crippen LogP contribution in [0.5, 0.6) is 0 Å². The molecule has 1 atom stereocenters. The molecule has 1 aromatic rings. The summed E-state index contributed by atoms with van der Waals surface area (Å²) in [6, 6.07) is 5.54. The molecule has 1 aliphatic rings. The first-order chi connectivity index (χ1) is 9.05. The molecule has 20 heavy (non-hydrogen) atoms. The van der Waals surface area contributed by atoms with E-state index in [4.69, 9.17) is 0 Å². The van der Waals surface area contributed by atoms with Gasteiger partial charge in [-0.2, -0.15) is 0 Å². The lowest BCUT2D eigenvalue weighted by molar-refractivity contribution is 0.376. The average molecular weight is 323 g/mol. The Hall–Kier alpha value is -0.690. The van der Waals surface area contributed by atoms with Crippen molar-refractivity contribution in [1.82, 2.24) is 10.0 Å². The summed E-state index contributed by atoms with van der Waals surface area (Å²) < 4.78 is 39.2. The van der Waals surface area contributed by atoms with Crippen molar-refractivity contribution in [1.29, 1.82) is 0 Å². The molecule has 1 unspecified atom stereocenters. The Labute approximate surface area is 125 Å². The van der Waals surface area contributed by atoms with E-state index in [0.29, 0.717) is 18.0 Å². The van der Waals surface area contributed by atoms with Crippen LogP contribution in [0.25, 0.3) is 0 Å². The van der Waals surface area contributed by atoms with E-state index >= 15 is 0 Å². The third-order valence-corrected chi connectivity index (χ3v) is 4.58. The molecule has 2 N–H and O–H groups in total. The Bertz CT molecular complexity index is 502. The van der Waals surface area contributed by atoms with Crippen LogP contribution in [0, 0.1) is 11.7 Å². The highest BCUT2D eigenvalue weighted by atomic mass is 35.5. The van der Waals surface area contributed by atoms with E-state index in [0.717, 1.165) is 25.9 Å². The molecular formula is C13H20ClFN2O2S. The monoisotopic (exact) mass is 322 g/mol. The first kappa shape index (κ1) is 17.4. The SMILES string of the molecule is Cl.O=S(=O)(Cc1ccc(F)cc1)NCC1CCCNC1. The summed E-state index contributed by atoms with van der Waals surface area (Å²) in [5, 5.41) is 3.25. The molecule has 2 rings (SSSR count). The summed E-state index contributed by atoms with van der Waals surface area (Å²) in [4.78, 5) is 0. The van der Waals surface area contributed by atoms with Gasteiger partial charge in [-0.3, -0.25) is 0 Å². The van der Waals surface area contributed by atoms with Crippen LogP contribution in [0.4, 0.5) is 4.39 Å². The molecule has 0 spiro atoms. The quantitative estimate of drug-likeness (QED) is 0.867. The van der Waals surface area contributed by atoms with Crippen molar-refractivity contribution in [3.05, 3.63) is 35.6 Å². The second-order valence-corrected chi connectivity index (χ2v) is 6.75. The van der Waals surface area contributed by atoms with Crippen LogP contribution in [-0.4, -0.2) is 28.1 Å². The molecule has 0 bridgehead atoms. The number of hydrogen-bond acceptors (Lipinski definition) is 3. The van der Waals surface area contributed by atoms with Gasteiger partial charge in [0.25, 0.3) is 0 Å². The van der Waals surface area contributed by atoms with Gasteiger partial charge in [0.15, 0.2) is 0 Å². The molecule has 1 aliphatic heterocycles. The second kappa shape index (κ2) is 7.93. The maximum absolute atomic E-state index is 12.7. The van der Waals surface area contributed by atoms with Crippen LogP contribution < -0.4 is 10.0 Å². The van der Waals surface area contributed by atoms with Crippen molar-refractivity contribution >= 4 is 22.4 Å². The number of benzene rings is 1. The van der Waals surface area contributed by atoms with Crippen molar-refractivity contribution in [3.63, 3.8) is 0 Å². The van der Waals surface area contributed by atoms with E-state index in [1.807, 2.05) is 0 Å². The molecule has 114 valence electrons. The highest BCUT2D eigenvalue weighted by Crippen LogP contribution is 2.10. The summed E-state index contributed by atoms with van der Waals surface area (Å²) in [5.74, 6) is -0.105. The zero-order valence-corrected chi connectivity index (χ0v) is 12.8. The van der Waals surface area contributed by atoms with Gasteiger partial charge in [0.05, 0.1) is 5.75 Å². The van der Waals surface area contributed by atoms with Crippen molar-refractivity contribution in [2.24, 2.45) is 5.92 Å². The van der Waals surface area contributed by atoms with Gasteiger partial charge in [0.1, 0.15) is 5.82 Å².